The highest BCUT2D eigenvalue weighted by Gasteiger charge is 2.40. The van der Waals surface area contributed by atoms with Crippen LogP contribution >= 0.6 is 0 Å². The van der Waals surface area contributed by atoms with Crippen molar-refractivity contribution in [2.45, 2.75) is 32.6 Å². The summed E-state index contributed by atoms with van der Waals surface area (Å²) in [6.07, 6.45) is 2.41. The minimum absolute atomic E-state index is 0.0907. The van der Waals surface area contributed by atoms with Crippen molar-refractivity contribution in [3.8, 4) is 0 Å². The van der Waals surface area contributed by atoms with Gasteiger partial charge in [0.25, 0.3) is 0 Å². The predicted octanol–water partition coefficient (Wildman–Crippen LogP) is 2.23. The fourth-order valence-corrected chi connectivity index (χ4v) is 3.20. The van der Waals surface area contributed by atoms with E-state index in [0.29, 0.717) is 11.8 Å². The van der Waals surface area contributed by atoms with Crippen molar-refractivity contribution in [2.75, 3.05) is 26.2 Å². The maximum atomic E-state index is 12.9. The number of nitrogens with one attached hydrogen (secondary N) is 1. The van der Waals surface area contributed by atoms with Gasteiger partial charge in [-0.2, -0.15) is 0 Å². The van der Waals surface area contributed by atoms with Gasteiger partial charge < -0.3 is 10.2 Å². The lowest BCUT2D eigenvalue weighted by Gasteiger charge is -2.31. The molecule has 1 aliphatic carbocycles. The first-order chi connectivity index (χ1) is 9.66. The van der Waals surface area contributed by atoms with Crippen molar-refractivity contribution < 1.29 is 4.79 Å². The molecule has 20 heavy (non-hydrogen) atoms. The highest BCUT2D eigenvalue weighted by atomic mass is 16.2. The fraction of sp³-hybridized carbons (Fsp3) is 0.588. The van der Waals surface area contributed by atoms with Gasteiger partial charge in [-0.3, -0.25) is 4.79 Å². The van der Waals surface area contributed by atoms with Gasteiger partial charge in [0.15, 0.2) is 0 Å². The van der Waals surface area contributed by atoms with E-state index in [1.54, 1.807) is 0 Å². The molecule has 3 rings (SSSR count). The molecule has 1 saturated heterocycles. The molecule has 2 fully saturated rings. The van der Waals surface area contributed by atoms with Crippen LogP contribution in [0.5, 0.6) is 0 Å². The molecule has 108 valence electrons. The number of hydrogen-bond acceptors (Lipinski definition) is 2. The van der Waals surface area contributed by atoms with E-state index < -0.39 is 0 Å². The lowest BCUT2D eigenvalue weighted by Crippen LogP contribution is -2.48. The second-order valence-corrected chi connectivity index (χ2v) is 6.25. The van der Waals surface area contributed by atoms with Crippen LogP contribution in [0.1, 0.15) is 35.4 Å². The van der Waals surface area contributed by atoms with Crippen molar-refractivity contribution in [1.82, 2.24) is 10.2 Å². The first-order valence-electron chi connectivity index (χ1n) is 7.73. The van der Waals surface area contributed by atoms with Crippen LogP contribution in [0.3, 0.4) is 0 Å². The van der Waals surface area contributed by atoms with E-state index in [4.69, 9.17) is 0 Å². The van der Waals surface area contributed by atoms with Gasteiger partial charge >= 0.3 is 0 Å². The van der Waals surface area contributed by atoms with Crippen LogP contribution in [0.25, 0.3) is 0 Å². The predicted molar refractivity (Wildman–Crippen MR) is 80.8 cm³/mol. The Morgan fingerprint density at radius 2 is 1.95 bits per heavy atom. The minimum atomic E-state index is 0.0907. The zero-order valence-electron chi connectivity index (χ0n) is 12.5. The molecule has 1 aromatic rings. The Balaban J connectivity index is 1.88. The van der Waals surface area contributed by atoms with Gasteiger partial charge in [-0.05, 0) is 43.7 Å². The van der Waals surface area contributed by atoms with Crippen LogP contribution in [0.2, 0.25) is 0 Å². The summed E-state index contributed by atoms with van der Waals surface area (Å²) >= 11 is 0. The number of carbonyl (C=O) groups is 1. The fourth-order valence-electron chi connectivity index (χ4n) is 3.20. The number of amides is 1. The number of rotatable bonds is 3. The lowest BCUT2D eigenvalue weighted by molar-refractivity contribution is -0.133. The van der Waals surface area contributed by atoms with Gasteiger partial charge in [0.05, 0.1) is 5.92 Å². The average Bonchev–Trinajstić information content (AvgIpc) is 3.28. The third kappa shape index (κ3) is 2.73. The molecule has 0 spiro atoms. The Bertz CT molecular complexity index is 502. The van der Waals surface area contributed by atoms with Gasteiger partial charge in [-0.15, -0.1) is 0 Å². The van der Waals surface area contributed by atoms with Gasteiger partial charge in [-0.25, -0.2) is 0 Å². The molecular weight excluding hydrogens is 248 g/mol. The van der Waals surface area contributed by atoms with Crippen LogP contribution in [0.15, 0.2) is 18.2 Å². The summed E-state index contributed by atoms with van der Waals surface area (Å²) in [5, 5.41) is 3.32. The molecule has 3 nitrogen and oxygen atoms in total. The Morgan fingerprint density at radius 1 is 1.25 bits per heavy atom. The van der Waals surface area contributed by atoms with Gasteiger partial charge in [0.1, 0.15) is 0 Å². The standard InChI is InChI=1S/C17H24N2O/c1-12-3-4-13(2)15(11-12)16(14-5-6-14)17(20)19-9-7-18-8-10-19/h3-4,11,14,16,18H,5-10H2,1-2H3. The summed E-state index contributed by atoms with van der Waals surface area (Å²) in [4.78, 5) is 15.0. The third-order valence-electron chi connectivity index (χ3n) is 4.56. The molecule has 1 aliphatic heterocycles. The van der Waals surface area contributed by atoms with Crippen LogP contribution < -0.4 is 5.32 Å². The number of aryl methyl sites for hydroxylation is 2. The first kappa shape index (κ1) is 13.6. The van der Waals surface area contributed by atoms with Crippen LogP contribution in [0, 0.1) is 19.8 Å². The number of hydrogen-bond donors (Lipinski definition) is 1. The molecule has 2 aliphatic rings. The molecule has 1 unspecified atom stereocenters. The number of carbonyl (C=O) groups excluding carboxylic acids is 1. The average molecular weight is 272 g/mol. The molecule has 1 amide bonds. The Hall–Kier alpha value is -1.35. The van der Waals surface area contributed by atoms with Crippen LogP contribution in [0.4, 0.5) is 0 Å². The van der Waals surface area contributed by atoms with E-state index in [0.717, 1.165) is 26.2 Å². The van der Waals surface area contributed by atoms with E-state index >= 15 is 0 Å². The molecular formula is C17H24N2O. The molecule has 3 heteroatoms. The Kier molecular flexibility index (Phi) is 3.79. The summed E-state index contributed by atoms with van der Waals surface area (Å²) in [7, 11) is 0. The molecule has 1 N–H and O–H groups in total. The first-order valence-corrected chi connectivity index (χ1v) is 7.73. The van der Waals surface area contributed by atoms with Crippen LogP contribution in [-0.2, 0) is 4.79 Å². The van der Waals surface area contributed by atoms with Gasteiger partial charge in [0, 0.05) is 26.2 Å². The van der Waals surface area contributed by atoms with E-state index in [-0.39, 0.29) is 5.92 Å². The van der Waals surface area contributed by atoms with E-state index in [1.807, 2.05) is 0 Å². The van der Waals surface area contributed by atoms with Gasteiger partial charge in [0.2, 0.25) is 5.91 Å². The van der Waals surface area contributed by atoms with Crippen molar-refractivity contribution in [3.63, 3.8) is 0 Å². The van der Waals surface area contributed by atoms with E-state index in [9.17, 15) is 4.79 Å². The maximum Gasteiger partial charge on any atom is 0.230 e. The zero-order valence-corrected chi connectivity index (χ0v) is 12.5. The van der Waals surface area contributed by atoms with Crippen LogP contribution in [-0.4, -0.2) is 37.0 Å². The normalized spacial score (nSPS) is 20.8. The highest BCUT2D eigenvalue weighted by molar-refractivity contribution is 5.85. The molecule has 1 aromatic carbocycles. The van der Waals surface area contributed by atoms with E-state index in [2.05, 4.69) is 42.3 Å². The highest BCUT2D eigenvalue weighted by Crippen LogP contribution is 2.44. The molecule has 1 atom stereocenters. The number of benzene rings is 1. The maximum absolute atomic E-state index is 12.9. The molecule has 0 bridgehead atoms. The van der Waals surface area contributed by atoms with Crippen molar-refractivity contribution >= 4 is 5.91 Å². The summed E-state index contributed by atoms with van der Waals surface area (Å²) in [5.41, 5.74) is 3.77. The summed E-state index contributed by atoms with van der Waals surface area (Å²) in [5.74, 6) is 1.01. The molecule has 0 radical (unpaired) electrons. The Labute approximate surface area is 121 Å². The monoisotopic (exact) mass is 272 g/mol. The van der Waals surface area contributed by atoms with E-state index in [1.165, 1.54) is 29.5 Å². The second-order valence-electron chi connectivity index (χ2n) is 6.25. The molecule has 1 heterocycles. The smallest absolute Gasteiger partial charge is 0.230 e. The minimum Gasteiger partial charge on any atom is -0.340 e. The Morgan fingerprint density at radius 3 is 2.60 bits per heavy atom. The SMILES string of the molecule is Cc1ccc(C)c(C(C(=O)N2CCNCC2)C2CC2)c1. The second kappa shape index (κ2) is 5.57. The largest absolute Gasteiger partial charge is 0.340 e. The van der Waals surface area contributed by atoms with Gasteiger partial charge in [-0.1, -0.05) is 23.8 Å². The number of piperazine rings is 1. The molecule has 1 saturated carbocycles. The third-order valence-corrected chi connectivity index (χ3v) is 4.56. The molecule has 0 aromatic heterocycles. The summed E-state index contributed by atoms with van der Waals surface area (Å²) in [6.45, 7) is 7.81. The topological polar surface area (TPSA) is 32.3 Å². The van der Waals surface area contributed by atoms with Crippen molar-refractivity contribution in [3.05, 3.63) is 34.9 Å². The number of nitrogens with zero attached hydrogens (tertiary/aromatic N) is 1. The lowest BCUT2D eigenvalue weighted by atomic mass is 9.88. The van der Waals surface area contributed by atoms with Crippen molar-refractivity contribution in [2.24, 2.45) is 5.92 Å². The quantitative estimate of drug-likeness (QED) is 0.915. The van der Waals surface area contributed by atoms with Crippen molar-refractivity contribution in [1.29, 1.82) is 0 Å². The zero-order chi connectivity index (χ0) is 14.1. The summed E-state index contributed by atoms with van der Waals surface area (Å²) in [6, 6.07) is 6.52. The summed E-state index contributed by atoms with van der Waals surface area (Å²) < 4.78 is 0.